The summed E-state index contributed by atoms with van der Waals surface area (Å²) in [5.74, 6) is 2.11. The first kappa shape index (κ1) is 19.5. The van der Waals surface area contributed by atoms with E-state index in [0.717, 1.165) is 37.6 Å². The van der Waals surface area contributed by atoms with Crippen LogP contribution in [0.3, 0.4) is 0 Å². The van der Waals surface area contributed by atoms with Gasteiger partial charge >= 0.3 is 0 Å². The van der Waals surface area contributed by atoms with E-state index >= 15 is 0 Å². The molecule has 1 saturated heterocycles. The van der Waals surface area contributed by atoms with Gasteiger partial charge in [-0.2, -0.15) is 0 Å². The van der Waals surface area contributed by atoms with Gasteiger partial charge in [-0.1, -0.05) is 6.07 Å². The van der Waals surface area contributed by atoms with Crippen molar-refractivity contribution >= 4 is 5.91 Å². The average molecular weight is 372 g/mol. The van der Waals surface area contributed by atoms with Crippen LogP contribution in [0.5, 0.6) is 5.75 Å². The fraction of sp³-hybridized carbons (Fsp3) is 0.476. The summed E-state index contributed by atoms with van der Waals surface area (Å²) < 4.78 is 12.1. The predicted molar refractivity (Wildman–Crippen MR) is 103 cm³/mol. The molecule has 2 heterocycles. The Morgan fingerprint density at radius 2 is 2.04 bits per heavy atom. The van der Waals surface area contributed by atoms with Gasteiger partial charge in [-0.15, -0.1) is 0 Å². The molecule has 27 heavy (non-hydrogen) atoms. The van der Waals surface area contributed by atoms with Gasteiger partial charge in [0.2, 0.25) is 0 Å². The Morgan fingerprint density at radius 1 is 1.26 bits per heavy atom. The number of hydroxylamine groups is 2. The van der Waals surface area contributed by atoms with Gasteiger partial charge in [0.25, 0.3) is 5.91 Å². The molecule has 0 N–H and O–H groups in total. The lowest BCUT2D eigenvalue weighted by atomic mass is 10.1. The minimum atomic E-state index is -0.217. The number of carbonyl (C=O) groups excluding carboxylic acids is 1. The monoisotopic (exact) mass is 372 g/mol. The van der Waals surface area contributed by atoms with Crippen molar-refractivity contribution in [2.75, 3.05) is 33.8 Å². The first-order valence-electron chi connectivity index (χ1n) is 9.44. The molecule has 0 spiro atoms. The summed E-state index contributed by atoms with van der Waals surface area (Å²) in [6, 6.07) is 11.1. The van der Waals surface area contributed by atoms with Crippen molar-refractivity contribution in [3.63, 3.8) is 0 Å². The molecule has 1 fully saturated rings. The second kappa shape index (κ2) is 9.06. The van der Waals surface area contributed by atoms with E-state index in [-0.39, 0.29) is 12.0 Å². The highest BCUT2D eigenvalue weighted by molar-refractivity contribution is 5.93. The summed E-state index contributed by atoms with van der Waals surface area (Å²) >= 11 is 0. The second-order valence-corrected chi connectivity index (χ2v) is 6.91. The quantitative estimate of drug-likeness (QED) is 0.659. The summed E-state index contributed by atoms with van der Waals surface area (Å²) in [7, 11) is 3.05. The Bertz CT molecular complexity index is 752. The molecular formula is C21H28N2O4. The number of likely N-dealkylation sites (tertiary alicyclic amines) is 1. The lowest BCUT2D eigenvalue weighted by molar-refractivity contribution is -0.0757. The molecule has 1 unspecified atom stereocenters. The van der Waals surface area contributed by atoms with Gasteiger partial charge in [0.1, 0.15) is 17.3 Å². The molecule has 3 rings (SSSR count). The molecule has 6 nitrogen and oxygen atoms in total. The molecule has 1 aromatic heterocycles. The fourth-order valence-electron chi connectivity index (χ4n) is 3.32. The summed E-state index contributed by atoms with van der Waals surface area (Å²) in [5.41, 5.74) is 0.519. The molecule has 1 amide bonds. The van der Waals surface area contributed by atoms with Crippen LogP contribution in [0.25, 0.3) is 0 Å². The average Bonchev–Trinajstić information content (AvgIpc) is 3.35. The maximum absolute atomic E-state index is 12.3. The molecule has 0 aliphatic carbocycles. The fourth-order valence-corrected chi connectivity index (χ4v) is 3.32. The Hall–Kier alpha value is -2.31. The number of aryl methyl sites for hydroxylation is 1. The van der Waals surface area contributed by atoms with E-state index in [2.05, 4.69) is 4.90 Å². The van der Waals surface area contributed by atoms with Gasteiger partial charge in [-0.25, -0.2) is 5.06 Å². The Balaban J connectivity index is 1.73. The van der Waals surface area contributed by atoms with Crippen molar-refractivity contribution in [2.45, 2.75) is 32.3 Å². The van der Waals surface area contributed by atoms with E-state index in [0.29, 0.717) is 11.3 Å². The molecule has 6 heteroatoms. The normalized spacial score (nSPS) is 15.7. The largest absolute Gasteiger partial charge is 0.482 e. The molecule has 1 aromatic carbocycles. The molecule has 0 saturated carbocycles. The summed E-state index contributed by atoms with van der Waals surface area (Å²) in [5, 5.41) is 1.19. The topological polar surface area (TPSA) is 55.1 Å². The Morgan fingerprint density at radius 3 is 2.70 bits per heavy atom. The highest BCUT2D eigenvalue weighted by Crippen LogP contribution is 2.28. The number of hydrogen-bond acceptors (Lipinski definition) is 5. The Kier molecular flexibility index (Phi) is 6.53. The molecule has 0 radical (unpaired) electrons. The number of benzene rings is 1. The molecule has 1 aliphatic heterocycles. The standard InChI is InChI=1S/C21H28N2O4/c1-16-9-10-19(26-16)20(11-14-23-12-4-5-13-23)27-18-8-6-7-17(15-18)21(24)22(2)25-3/h6-10,15,20H,4-5,11-14H2,1-3H3. The van der Waals surface area contributed by atoms with Crippen LogP contribution in [0.2, 0.25) is 0 Å². The van der Waals surface area contributed by atoms with Gasteiger partial charge in [0, 0.05) is 25.6 Å². The molecular weight excluding hydrogens is 344 g/mol. The van der Waals surface area contributed by atoms with Gasteiger partial charge < -0.3 is 14.1 Å². The lowest BCUT2D eigenvalue weighted by Gasteiger charge is -2.21. The first-order valence-corrected chi connectivity index (χ1v) is 9.44. The van der Waals surface area contributed by atoms with E-state index in [9.17, 15) is 4.79 Å². The molecule has 146 valence electrons. The zero-order chi connectivity index (χ0) is 19.2. The second-order valence-electron chi connectivity index (χ2n) is 6.91. The number of hydrogen-bond donors (Lipinski definition) is 0. The number of furan rings is 1. The zero-order valence-corrected chi connectivity index (χ0v) is 16.3. The minimum absolute atomic E-state index is 0.190. The number of rotatable bonds is 8. The van der Waals surface area contributed by atoms with Crippen molar-refractivity contribution in [3.8, 4) is 5.75 Å². The third-order valence-electron chi connectivity index (χ3n) is 4.90. The number of amides is 1. The zero-order valence-electron chi connectivity index (χ0n) is 16.3. The van der Waals surface area contributed by atoms with Gasteiger partial charge in [0.15, 0.2) is 6.10 Å². The maximum atomic E-state index is 12.3. The van der Waals surface area contributed by atoms with E-state index < -0.39 is 0 Å². The molecule has 2 aromatic rings. The van der Waals surface area contributed by atoms with Crippen molar-refractivity contribution in [1.29, 1.82) is 0 Å². The predicted octanol–water partition coefficient (Wildman–Crippen LogP) is 3.83. The molecule has 0 bridgehead atoms. The smallest absolute Gasteiger partial charge is 0.277 e. The number of ether oxygens (including phenoxy) is 1. The van der Waals surface area contributed by atoms with Crippen LogP contribution >= 0.6 is 0 Å². The van der Waals surface area contributed by atoms with Crippen LogP contribution in [0, 0.1) is 6.92 Å². The minimum Gasteiger partial charge on any atom is -0.482 e. The van der Waals surface area contributed by atoms with E-state index in [1.165, 1.54) is 25.0 Å². The summed E-state index contributed by atoms with van der Waals surface area (Å²) in [6.07, 6.45) is 3.18. The van der Waals surface area contributed by atoms with Crippen LogP contribution in [-0.2, 0) is 4.84 Å². The van der Waals surface area contributed by atoms with Crippen LogP contribution in [0.15, 0.2) is 40.8 Å². The SMILES string of the molecule is CON(C)C(=O)c1cccc(OC(CCN2CCCC2)c2ccc(C)o2)c1. The van der Waals surface area contributed by atoms with Crippen LogP contribution in [0.4, 0.5) is 0 Å². The third-order valence-corrected chi connectivity index (χ3v) is 4.90. The summed E-state index contributed by atoms with van der Waals surface area (Å²) in [6.45, 7) is 5.20. The third kappa shape index (κ3) is 5.11. The highest BCUT2D eigenvalue weighted by atomic mass is 16.7. The first-order chi connectivity index (χ1) is 13.1. The van der Waals surface area contributed by atoms with Crippen molar-refractivity contribution in [3.05, 3.63) is 53.5 Å². The number of carbonyl (C=O) groups is 1. The van der Waals surface area contributed by atoms with Crippen LogP contribution < -0.4 is 4.74 Å². The van der Waals surface area contributed by atoms with E-state index in [1.807, 2.05) is 31.2 Å². The number of nitrogens with zero attached hydrogens (tertiary/aromatic N) is 2. The maximum Gasteiger partial charge on any atom is 0.277 e. The van der Waals surface area contributed by atoms with Gasteiger partial charge in [0.05, 0.1) is 7.11 Å². The van der Waals surface area contributed by atoms with Crippen LogP contribution in [0.1, 0.15) is 47.2 Å². The lowest BCUT2D eigenvalue weighted by Crippen LogP contribution is -2.25. The van der Waals surface area contributed by atoms with E-state index in [1.54, 1.807) is 19.2 Å². The molecule has 1 aliphatic rings. The van der Waals surface area contributed by atoms with Gasteiger partial charge in [-0.05, 0) is 63.2 Å². The molecule has 1 atom stereocenters. The Labute approximate surface area is 160 Å². The van der Waals surface area contributed by atoms with Crippen molar-refractivity contribution in [1.82, 2.24) is 9.96 Å². The summed E-state index contributed by atoms with van der Waals surface area (Å²) in [4.78, 5) is 19.7. The van der Waals surface area contributed by atoms with Crippen LogP contribution in [-0.4, -0.2) is 49.7 Å². The van der Waals surface area contributed by atoms with Crippen molar-refractivity contribution < 1.29 is 18.8 Å². The highest BCUT2D eigenvalue weighted by Gasteiger charge is 2.21. The van der Waals surface area contributed by atoms with Gasteiger partial charge in [-0.3, -0.25) is 9.63 Å². The van der Waals surface area contributed by atoms with E-state index in [4.69, 9.17) is 14.0 Å². The van der Waals surface area contributed by atoms with Crippen molar-refractivity contribution in [2.24, 2.45) is 0 Å².